The number of amides is 1. The van der Waals surface area contributed by atoms with Crippen molar-refractivity contribution in [2.45, 2.75) is 50.5 Å². The second kappa shape index (κ2) is 5.90. The van der Waals surface area contributed by atoms with Crippen molar-refractivity contribution in [3.63, 3.8) is 0 Å². The first-order valence-electron chi connectivity index (χ1n) is 7.27. The van der Waals surface area contributed by atoms with Crippen LogP contribution in [0.4, 0.5) is 0 Å². The molecule has 2 rings (SSSR count). The number of hydrogen-bond acceptors (Lipinski definition) is 3. The maximum Gasteiger partial charge on any atom is 0.329 e. The predicted octanol–water partition coefficient (Wildman–Crippen LogP) is 1.23. The zero-order valence-corrected chi connectivity index (χ0v) is 11.7. The quantitative estimate of drug-likeness (QED) is 0.808. The first-order chi connectivity index (χ1) is 9.03. The van der Waals surface area contributed by atoms with Gasteiger partial charge in [-0.1, -0.05) is 19.3 Å². The Balaban J connectivity index is 1.97. The van der Waals surface area contributed by atoms with Crippen LogP contribution in [0, 0.1) is 5.92 Å². The van der Waals surface area contributed by atoms with Gasteiger partial charge in [-0.3, -0.25) is 4.79 Å². The number of carboxylic acid groups (broad SMARTS) is 1. The van der Waals surface area contributed by atoms with E-state index in [4.69, 9.17) is 0 Å². The van der Waals surface area contributed by atoms with E-state index in [0.29, 0.717) is 12.8 Å². The Morgan fingerprint density at radius 3 is 2.26 bits per heavy atom. The van der Waals surface area contributed by atoms with Gasteiger partial charge >= 0.3 is 5.97 Å². The van der Waals surface area contributed by atoms with Crippen LogP contribution in [0.2, 0.25) is 0 Å². The van der Waals surface area contributed by atoms with Gasteiger partial charge in [0.15, 0.2) is 0 Å². The fourth-order valence-corrected chi connectivity index (χ4v) is 3.16. The molecule has 2 fully saturated rings. The number of carboxylic acids is 1. The van der Waals surface area contributed by atoms with Crippen molar-refractivity contribution in [3.05, 3.63) is 0 Å². The molecule has 0 aromatic heterocycles. The van der Waals surface area contributed by atoms with Crippen molar-refractivity contribution in [1.82, 2.24) is 10.2 Å². The third-order valence-electron chi connectivity index (χ3n) is 4.57. The SMILES string of the molecule is CN1CCC(C(=O)NC2(C(=O)O)CCCCC2)CC1. The minimum absolute atomic E-state index is 0.0191. The summed E-state index contributed by atoms with van der Waals surface area (Å²) in [5, 5.41) is 12.3. The molecule has 0 spiro atoms. The van der Waals surface area contributed by atoms with E-state index in [1.54, 1.807) is 0 Å². The summed E-state index contributed by atoms with van der Waals surface area (Å²) in [7, 11) is 2.05. The van der Waals surface area contributed by atoms with Crippen LogP contribution in [-0.2, 0) is 9.59 Å². The molecule has 0 aromatic carbocycles. The Kier molecular flexibility index (Phi) is 4.45. The van der Waals surface area contributed by atoms with Crippen molar-refractivity contribution < 1.29 is 14.7 Å². The molecular weight excluding hydrogens is 244 g/mol. The highest BCUT2D eigenvalue weighted by molar-refractivity contribution is 5.88. The van der Waals surface area contributed by atoms with Crippen molar-refractivity contribution >= 4 is 11.9 Å². The van der Waals surface area contributed by atoms with E-state index >= 15 is 0 Å². The molecule has 0 unspecified atom stereocenters. The highest BCUT2D eigenvalue weighted by Gasteiger charge is 2.42. The minimum atomic E-state index is -1.00. The molecule has 1 aliphatic carbocycles. The Hall–Kier alpha value is -1.10. The van der Waals surface area contributed by atoms with Gasteiger partial charge in [-0.15, -0.1) is 0 Å². The Morgan fingerprint density at radius 2 is 1.74 bits per heavy atom. The zero-order chi connectivity index (χ0) is 13.9. The van der Waals surface area contributed by atoms with Crippen molar-refractivity contribution in [3.8, 4) is 0 Å². The van der Waals surface area contributed by atoms with Crippen LogP contribution < -0.4 is 5.32 Å². The standard InChI is InChI=1S/C14H24N2O3/c1-16-9-5-11(6-10-16)12(17)15-14(13(18)19)7-3-2-4-8-14/h11H,2-10H2,1H3,(H,15,17)(H,18,19). The lowest BCUT2D eigenvalue weighted by Gasteiger charge is -2.36. The number of nitrogens with zero attached hydrogens (tertiary/aromatic N) is 1. The van der Waals surface area contributed by atoms with Crippen LogP contribution in [0.25, 0.3) is 0 Å². The van der Waals surface area contributed by atoms with Crippen LogP contribution in [0.3, 0.4) is 0 Å². The molecule has 1 aliphatic heterocycles. The van der Waals surface area contributed by atoms with Gasteiger partial charge in [0.2, 0.25) is 5.91 Å². The predicted molar refractivity (Wildman–Crippen MR) is 71.8 cm³/mol. The minimum Gasteiger partial charge on any atom is -0.480 e. The van der Waals surface area contributed by atoms with Crippen LogP contribution in [0.1, 0.15) is 44.9 Å². The average molecular weight is 268 g/mol. The first-order valence-corrected chi connectivity index (χ1v) is 7.27. The third-order valence-corrected chi connectivity index (χ3v) is 4.57. The van der Waals surface area contributed by atoms with Gasteiger partial charge in [-0.05, 0) is 45.8 Å². The van der Waals surface area contributed by atoms with Crippen LogP contribution in [0.15, 0.2) is 0 Å². The monoisotopic (exact) mass is 268 g/mol. The molecule has 5 nitrogen and oxygen atoms in total. The molecule has 1 heterocycles. The van der Waals surface area contributed by atoms with Gasteiger partial charge < -0.3 is 15.3 Å². The Bertz CT molecular complexity index is 343. The molecule has 1 amide bonds. The van der Waals surface area contributed by atoms with Crippen LogP contribution in [-0.4, -0.2) is 47.6 Å². The molecule has 0 atom stereocenters. The molecule has 1 saturated heterocycles. The largest absolute Gasteiger partial charge is 0.480 e. The number of hydrogen-bond donors (Lipinski definition) is 2. The number of nitrogens with one attached hydrogen (secondary N) is 1. The summed E-state index contributed by atoms with van der Waals surface area (Å²) in [6.45, 7) is 1.83. The van der Waals surface area contributed by atoms with Crippen molar-refractivity contribution in [1.29, 1.82) is 0 Å². The second-order valence-corrected chi connectivity index (χ2v) is 6.01. The van der Waals surface area contributed by atoms with E-state index in [-0.39, 0.29) is 11.8 Å². The highest BCUT2D eigenvalue weighted by Crippen LogP contribution is 2.29. The molecule has 2 aliphatic rings. The lowest BCUT2D eigenvalue weighted by molar-refractivity contribution is -0.150. The summed E-state index contributed by atoms with van der Waals surface area (Å²) < 4.78 is 0. The first kappa shape index (κ1) is 14.3. The lowest BCUT2D eigenvalue weighted by atomic mass is 9.81. The van der Waals surface area contributed by atoms with E-state index in [0.717, 1.165) is 45.2 Å². The number of carbonyl (C=O) groups is 2. The molecule has 108 valence electrons. The normalized spacial score (nSPS) is 24.9. The third kappa shape index (κ3) is 3.26. The van der Waals surface area contributed by atoms with Gasteiger partial charge in [0.1, 0.15) is 5.54 Å². The van der Waals surface area contributed by atoms with Crippen molar-refractivity contribution in [2.24, 2.45) is 5.92 Å². The average Bonchev–Trinajstić information content (AvgIpc) is 2.40. The summed E-state index contributed by atoms with van der Waals surface area (Å²) in [6, 6.07) is 0. The smallest absolute Gasteiger partial charge is 0.329 e. The second-order valence-electron chi connectivity index (χ2n) is 6.01. The van der Waals surface area contributed by atoms with Gasteiger partial charge in [0.25, 0.3) is 0 Å². The Morgan fingerprint density at radius 1 is 1.16 bits per heavy atom. The number of likely N-dealkylation sites (tertiary alicyclic amines) is 1. The van der Waals surface area contributed by atoms with Crippen LogP contribution in [0.5, 0.6) is 0 Å². The molecule has 1 saturated carbocycles. The van der Waals surface area contributed by atoms with E-state index in [1.807, 2.05) is 7.05 Å². The molecule has 0 radical (unpaired) electrons. The molecule has 5 heteroatoms. The summed E-state index contributed by atoms with van der Waals surface area (Å²) in [6.07, 6.45) is 5.65. The zero-order valence-electron chi connectivity index (χ0n) is 11.7. The summed E-state index contributed by atoms with van der Waals surface area (Å²) in [5.74, 6) is -0.944. The molecular formula is C14H24N2O3. The topological polar surface area (TPSA) is 69.6 Å². The van der Waals surface area contributed by atoms with E-state index in [9.17, 15) is 14.7 Å². The van der Waals surface area contributed by atoms with E-state index in [1.165, 1.54) is 0 Å². The number of aliphatic carboxylic acids is 1. The summed E-state index contributed by atoms with van der Waals surface area (Å²) in [5.41, 5.74) is -1.00. The maximum absolute atomic E-state index is 12.3. The number of carbonyl (C=O) groups excluding carboxylic acids is 1. The number of piperidine rings is 1. The number of rotatable bonds is 3. The van der Waals surface area contributed by atoms with Gasteiger partial charge in [0.05, 0.1) is 0 Å². The fraction of sp³-hybridized carbons (Fsp3) is 0.857. The summed E-state index contributed by atoms with van der Waals surface area (Å²) in [4.78, 5) is 26.0. The van der Waals surface area contributed by atoms with E-state index in [2.05, 4.69) is 10.2 Å². The maximum atomic E-state index is 12.3. The van der Waals surface area contributed by atoms with Gasteiger partial charge in [0, 0.05) is 5.92 Å². The molecule has 19 heavy (non-hydrogen) atoms. The summed E-state index contributed by atoms with van der Waals surface area (Å²) >= 11 is 0. The Labute approximate surface area is 114 Å². The van der Waals surface area contributed by atoms with Gasteiger partial charge in [-0.2, -0.15) is 0 Å². The lowest BCUT2D eigenvalue weighted by Crippen LogP contribution is -2.57. The molecule has 0 bridgehead atoms. The molecule has 2 N–H and O–H groups in total. The van der Waals surface area contributed by atoms with Gasteiger partial charge in [-0.25, -0.2) is 4.79 Å². The fourth-order valence-electron chi connectivity index (χ4n) is 3.16. The van der Waals surface area contributed by atoms with E-state index < -0.39 is 11.5 Å². The van der Waals surface area contributed by atoms with Crippen LogP contribution >= 0.6 is 0 Å². The highest BCUT2D eigenvalue weighted by atomic mass is 16.4. The van der Waals surface area contributed by atoms with Crippen molar-refractivity contribution in [2.75, 3.05) is 20.1 Å². The molecule has 0 aromatic rings.